The van der Waals surface area contributed by atoms with Crippen molar-refractivity contribution in [3.05, 3.63) is 81.8 Å². The molecule has 1 unspecified atom stereocenters. The fraction of sp³-hybridized carbons (Fsp3) is 0.261. The number of aromatic nitrogens is 1. The zero-order valence-corrected chi connectivity index (χ0v) is 19.3. The lowest BCUT2D eigenvalue weighted by Crippen LogP contribution is -2.14. The van der Waals surface area contributed by atoms with Crippen LogP contribution in [-0.2, 0) is 19.5 Å². The van der Waals surface area contributed by atoms with Gasteiger partial charge in [0.1, 0.15) is 5.82 Å². The smallest absolute Gasteiger partial charge is 0.311 e. The van der Waals surface area contributed by atoms with E-state index in [1.54, 1.807) is 35.8 Å². The molecule has 0 bridgehead atoms. The first-order valence-electron chi connectivity index (χ1n) is 10.3. The van der Waals surface area contributed by atoms with E-state index < -0.39 is 32.6 Å². The second kappa shape index (κ2) is 10.0. The number of sulfone groups is 1. The number of carboxylic acid groups (broad SMARTS) is 1. The number of carbonyl (C=O) groups is 1. The summed E-state index contributed by atoms with van der Waals surface area (Å²) >= 11 is 0. The Bertz CT molecular complexity index is 1320. The Morgan fingerprint density at radius 2 is 1.88 bits per heavy atom. The molecule has 2 aromatic carbocycles. The Labute approximate surface area is 195 Å². The van der Waals surface area contributed by atoms with Crippen molar-refractivity contribution in [1.82, 2.24) is 4.57 Å². The third-order valence-corrected chi connectivity index (χ3v) is 6.57. The largest absolute Gasteiger partial charge is 0.481 e. The van der Waals surface area contributed by atoms with Crippen molar-refractivity contribution >= 4 is 15.8 Å². The molecule has 34 heavy (non-hydrogen) atoms. The summed E-state index contributed by atoms with van der Waals surface area (Å²) < 4.78 is 39.4. The highest BCUT2D eigenvalue weighted by molar-refractivity contribution is 7.90. The first-order chi connectivity index (χ1) is 16.0. The van der Waals surface area contributed by atoms with Crippen LogP contribution in [0.15, 0.2) is 59.5 Å². The number of aliphatic carboxylic acids is 1. The molecule has 3 aromatic rings. The summed E-state index contributed by atoms with van der Waals surface area (Å²) in [6, 6.07) is 13.6. The molecule has 0 saturated heterocycles. The molecular formula is C23H23FN2O7S. The minimum absolute atomic E-state index is 0.0869. The highest BCUT2D eigenvalue weighted by atomic mass is 32.2. The second-order valence-electron chi connectivity index (χ2n) is 7.77. The van der Waals surface area contributed by atoms with Crippen LogP contribution in [0.2, 0.25) is 0 Å². The van der Waals surface area contributed by atoms with Gasteiger partial charge in [0.25, 0.3) is 5.09 Å². The van der Waals surface area contributed by atoms with Gasteiger partial charge < -0.3 is 14.5 Å². The van der Waals surface area contributed by atoms with Crippen LogP contribution in [-0.4, -0.2) is 42.0 Å². The maximum absolute atomic E-state index is 14.0. The Morgan fingerprint density at radius 1 is 1.21 bits per heavy atom. The van der Waals surface area contributed by atoms with Gasteiger partial charge in [0, 0.05) is 17.6 Å². The molecule has 9 nitrogen and oxygen atoms in total. The van der Waals surface area contributed by atoms with E-state index in [1.165, 1.54) is 30.3 Å². The van der Waals surface area contributed by atoms with E-state index in [0.717, 1.165) is 6.26 Å². The van der Waals surface area contributed by atoms with Crippen LogP contribution in [0.5, 0.6) is 0 Å². The lowest BCUT2D eigenvalue weighted by Gasteiger charge is -2.15. The fourth-order valence-corrected chi connectivity index (χ4v) is 4.48. The third kappa shape index (κ3) is 5.60. The topological polar surface area (TPSA) is 129 Å². The van der Waals surface area contributed by atoms with Crippen LogP contribution in [0.1, 0.15) is 30.0 Å². The van der Waals surface area contributed by atoms with Gasteiger partial charge in [-0.2, -0.15) is 0 Å². The van der Waals surface area contributed by atoms with Gasteiger partial charge in [0.15, 0.2) is 9.84 Å². The lowest BCUT2D eigenvalue weighted by atomic mass is 9.94. The van der Waals surface area contributed by atoms with E-state index in [9.17, 15) is 32.8 Å². The van der Waals surface area contributed by atoms with Crippen molar-refractivity contribution < 1.29 is 32.6 Å². The van der Waals surface area contributed by atoms with E-state index in [1.807, 2.05) is 0 Å². The van der Waals surface area contributed by atoms with Crippen LogP contribution in [0.4, 0.5) is 4.39 Å². The van der Waals surface area contributed by atoms with Crippen molar-refractivity contribution in [3.63, 3.8) is 0 Å². The van der Waals surface area contributed by atoms with Gasteiger partial charge in [0.2, 0.25) is 0 Å². The van der Waals surface area contributed by atoms with Gasteiger partial charge in [-0.05, 0) is 67.3 Å². The first-order valence-corrected chi connectivity index (χ1v) is 12.2. The summed E-state index contributed by atoms with van der Waals surface area (Å²) in [5.41, 5.74) is 2.62. The van der Waals surface area contributed by atoms with Crippen LogP contribution >= 0.6 is 0 Å². The minimum Gasteiger partial charge on any atom is -0.481 e. The Kier molecular flexibility index (Phi) is 7.35. The normalized spacial score (nSPS) is 12.3. The van der Waals surface area contributed by atoms with E-state index in [-0.39, 0.29) is 24.3 Å². The second-order valence-corrected chi connectivity index (χ2v) is 9.79. The zero-order chi connectivity index (χ0) is 25.0. The predicted octanol–water partition coefficient (Wildman–Crippen LogP) is 4.15. The summed E-state index contributed by atoms with van der Waals surface area (Å²) in [7, 11) is -3.41. The molecule has 0 aliphatic carbocycles. The monoisotopic (exact) mass is 490 g/mol. The lowest BCUT2D eigenvalue weighted by molar-refractivity contribution is -0.757. The molecule has 0 fully saturated rings. The quantitative estimate of drug-likeness (QED) is 0.257. The summed E-state index contributed by atoms with van der Waals surface area (Å²) in [5, 5.41) is 19.3. The van der Waals surface area contributed by atoms with Gasteiger partial charge in [0.05, 0.1) is 23.1 Å². The number of halogens is 1. The first kappa shape index (κ1) is 24.9. The fourth-order valence-electron chi connectivity index (χ4n) is 3.85. The van der Waals surface area contributed by atoms with Crippen molar-refractivity contribution in [1.29, 1.82) is 0 Å². The molecule has 0 amide bonds. The molecule has 0 spiro atoms. The van der Waals surface area contributed by atoms with E-state index >= 15 is 0 Å². The number of rotatable bonds is 10. The molecular weight excluding hydrogens is 467 g/mol. The highest BCUT2D eigenvalue weighted by Crippen LogP contribution is 2.35. The number of benzene rings is 2. The molecule has 1 heterocycles. The summed E-state index contributed by atoms with van der Waals surface area (Å²) in [5.74, 6) is -2.57. The molecule has 0 radical (unpaired) electrons. The number of hydrogen-bond acceptors (Lipinski definition) is 6. The van der Waals surface area contributed by atoms with E-state index in [4.69, 9.17) is 0 Å². The highest BCUT2D eigenvalue weighted by Gasteiger charge is 2.26. The van der Waals surface area contributed by atoms with Crippen LogP contribution < -0.4 is 0 Å². The minimum atomic E-state index is -3.41. The maximum atomic E-state index is 14.0. The summed E-state index contributed by atoms with van der Waals surface area (Å²) in [6.45, 7) is 1.47. The summed E-state index contributed by atoms with van der Waals surface area (Å²) in [4.78, 5) is 26.9. The molecule has 1 N–H and O–H groups in total. The molecule has 1 aromatic heterocycles. The number of hydrogen-bond donors (Lipinski definition) is 1. The van der Waals surface area contributed by atoms with Gasteiger partial charge >= 0.3 is 5.97 Å². The average Bonchev–Trinajstić information content (AvgIpc) is 3.09. The molecule has 0 aliphatic rings. The van der Waals surface area contributed by atoms with Crippen molar-refractivity contribution in [2.75, 3.05) is 12.9 Å². The SMILES string of the molecule is Cc1c(C(CCCO[N+](=O)[O-])C(=O)O)cc(-c2ccc(S(C)(=O)=O)cc2)n1-c1cccc(F)c1. The maximum Gasteiger partial charge on any atom is 0.311 e. The molecule has 180 valence electrons. The van der Waals surface area contributed by atoms with Crippen LogP contribution in [0, 0.1) is 22.9 Å². The van der Waals surface area contributed by atoms with Crippen LogP contribution in [0.25, 0.3) is 16.9 Å². The van der Waals surface area contributed by atoms with E-state index in [2.05, 4.69) is 4.84 Å². The Balaban J connectivity index is 2.11. The predicted molar refractivity (Wildman–Crippen MR) is 122 cm³/mol. The molecule has 3 rings (SSSR count). The Morgan fingerprint density at radius 3 is 2.44 bits per heavy atom. The van der Waals surface area contributed by atoms with Gasteiger partial charge in [-0.25, -0.2) is 12.8 Å². The standard InChI is InChI=1S/C23H23FN2O7S/c1-15-21(20(23(27)28)7-4-12-33-26(29)30)14-22(25(15)18-6-3-5-17(24)13-18)16-8-10-19(11-9-16)34(2,31)32/h3,5-6,8-11,13-14,20H,4,7,12H2,1-2H3,(H,27,28). The molecule has 1 atom stereocenters. The van der Waals surface area contributed by atoms with E-state index in [0.29, 0.717) is 28.2 Å². The Hall–Kier alpha value is -3.73. The van der Waals surface area contributed by atoms with Gasteiger partial charge in [-0.1, -0.05) is 18.2 Å². The van der Waals surface area contributed by atoms with Crippen molar-refractivity contribution in [3.8, 4) is 16.9 Å². The number of nitrogens with zero attached hydrogens (tertiary/aromatic N) is 2. The molecule has 0 saturated carbocycles. The molecule has 0 aliphatic heterocycles. The van der Waals surface area contributed by atoms with Crippen molar-refractivity contribution in [2.45, 2.75) is 30.6 Å². The third-order valence-electron chi connectivity index (χ3n) is 5.44. The number of carboxylic acids is 1. The van der Waals surface area contributed by atoms with Gasteiger partial charge in [-0.15, -0.1) is 10.1 Å². The average molecular weight is 491 g/mol. The van der Waals surface area contributed by atoms with Crippen LogP contribution in [0.3, 0.4) is 0 Å². The van der Waals surface area contributed by atoms with Crippen molar-refractivity contribution in [2.24, 2.45) is 0 Å². The summed E-state index contributed by atoms with van der Waals surface area (Å²) in [6.07, 6.45) is 1.32. The zero-order valence-electron chi connectivity index (χ0n) is 18.5. The van der Waals surface area contributed by atoms with Gasteiger partial charge in [-0.3, -0.25) is 4.79 Å². The molecule has 11 heteroatoms.